The number of hydrogen-bond donors (Lipinski definition) is 1. The van der Waals surface area contributed by atoms with Gasteiger partial charge in [-0.15, -0.1) is 5.10 Å². The lowest BCUT2D eigenvalue weighted by atomic mass is 10.2. The van der Waals surface area contributed by atoms with Crippen LogP contribution in [-0.2, 0) is 12.8 Å². The Morgan fingerprint density at radius 3 is 3.20 bits per heavy atom. The molecule has 15 heavy (non-hydrogen) atoms. The van der Waals surface area contributed by atoms with Gasteiger partial charge in [0, 0.05) is 12.6 Å². The van der Waals surface area contributed by atoms with Gasteiger partial charge in [-0.2, -0.15) is 5.10 Å². The first kappa shape index (κ1) is 9.09. The molecule has 1 N–H and O–H groups in total. The highest BCUT2D eigenvalue weighted by Gasteiger charge is 2.19. The highest BCUT2D eigenvalue weighted by atomic mass is 16.5. The average Bonchev–Trinajstić information content (AvgIpc) is 2.87. The maximum atomic E-state index is 5.76. The molecule has 1 unspecified atom stereocenters. The summed E-state index contributed by atoms with van der Waals surface area (Å²) in [4.78, 5) is 0. The second-order valence-electron chi connectivity index (χ2n) is 4.24. The molecule has 1 aromatic rings. The van der Waals surface area contributed by atoms with Crippen molar-refractivity contribution in [2.45, 2.75) is 31.8 Å². The fourth-order valence-electron chi connectivity index (χ4n) is 2.27. The number of hydrogen-bond acceptors (Lipinski definition) is 4. The summed E-state index contributed by atoms with van der Waals surface area (Å²) in [5.74, 6) is 0.698. The molecule has 1 aromatic heterocycles. The Balaban J connectivity index is 1.75. The van der Waals surface area contributed by atoms with Crippen LogP contribution >= 0.6 is 0 Å². The summed E-state index contributed by atoms with van der Waals surface area (Å²) < 4.78 is 5.76. The van der Waals surface area contributed by atoms with Crippen molar-refractivity contribution in [2.24, 2.45) is 0 Å². The fourth-order valence-corrected chi connectivity index (χ4v) is 2.27. The van der Waals surface area contributed by atoms with E-state index in [0.717, 1.165) is 38.0 Å². The van der Waals surface area contributed by atoms with Crippen LogP contribution in [0.1, 0.15) is 24.1 Å². The van der Waals surface area contributed by atoms with Crippen LogP contribution in [-0.4, -0.2) is 29.4 Å². The first-order valence-corrected chi connectivity index (χ1v) is 5.65. The van der Waals surface area contributed by atoms with E-state index in [1.165, 1.54) is 12.0 Å². The lowest BCUT2D eigenvalue weighted by molar-refractivity contribution is 0.211. The molecule has 1 fully saturated rings. The Kier molecular flexibility index (Phi) is 2.29. The molecule has 0 amide bonds. The van der Waals surface area contributed by atoms with Crippen molar-refractivity contribution in [3.63, 3.8) is 0 Å². The van der Waals surface area contributed by atoms with Gasteiger partial charge in [0.25, 0.3) is 0 Å². The fraction of sp³-hybridized carbons (Fsp3) is 0.636. The molecule has 4 nitrogen and oxygen atoms in total. The summed E-state index contributed by atoms with van der Waals surface area (Å²) in [5, 5.41) is 11.6. The van der Waals surface area contributed by atoms with Crippen molar-refractivity contribution < 1.29 is 4.74 Å². The molecule has 2 heterocycles. The van der Waals surface area contributed by atoms with E-state index in [4.69, 9.17) is 4.74 Å². The zero-order chi connectivity index (χ0) is 10.1. The molecule has 4 heteroatoms. The third-order valence-electron chi connectivity index (χ3n) is 3.10. The van der Waals surface area contributed by atoms with E-state index in [-0.39, 0.29) is 6.10 Å². The maximum absolute atomic E-state index is 5.76. The van der Waals surface area contributed by atoms with Crippen molar-refractivity contribution in [1.29, 1.82) is 0 Å². The minimum Gasteiger partial charge on any atom is -0.472 e. The Morgan fingerprint density at radius 2 is 2.33 bits per heavy atom. The number of aromatic nitrogens is 2. The van der Waals surface area contributed by atoms with Gasteiger partial charge in [0.05, 0.1) is 5.69 Å². The van der Waals surface area contributed by atoms with Crippen molar-refractivity contribution >= 4 is 0 Å². The van der Waals surface area contributed by atoms with Crippen LogP contribution in [0.15, 0.2) is 6.07 Å². The standard InChI is InChI=1S/C11H15N3O/c1-2-8-6-11(14-13-10(8)3-1)15-9-4-5-12-7-9/h6,9,12H,1-5,7H2. The Bertz CT molecular complexity index is 361. The molecule has 1 saturated heterocycles. The molecule has 1 aliphatic carbocycles. The number of nitrogens with zero attached hydrogens (tertiary/aromatic N) is 2. The van der Waals surface area contributed by atoms with E-state index in [1.54, 1.807) is 0 Å². The molecule has 0 radical (unpaired) electrons. The number of fused-ring (bicyclic) bond motifs is 1. The third kappa shape index (κ3) is 1.81. The zero-order valence-corrected chi connectivity index (χ0v) is 8.70. The van der Waals surface area contributed by atoms with Crippen molar-refractivity contribution in [2.75, 3.05) is 13.1 Å². The first-order chi connectivity index (χ1) is 7.42. The first-order valence-electron chi connectivity index (χ1n) is 5.65. The monoisotopic (exact) mass is 205 g/mol. The highest BCUT2D eigenvalue weighted by molar-refractivity contribution is 5.28. The molecule has 2 aliphatic rings. The van der Waals surface area contributed by atoms with Gasteiger partial charge in [-0.1, -0.05) is 0 Å². The number of nitrogens with one attached hydrogen (secondary N) is 1. The highest BCUT2D eigenvalue weighted by Crippen LogP contribution is 2.22. The number of aryl methyl sites for hydroxylation is 2. The van der Waals surface area contributed by atoms with Crippen LogP contribution in [0, 0.1) is 0 Å². The van der Waals surface area contributed by atoms with Gasteiger partial charge in [0.15, 0.2) is 0 Å². The quantitative estimate of drug-likeness (QED) is 0.772. The number of ether oxygens (including phenoxy) is 1. The summed E-state index contributed by atoms with van der Waals surface area (Å²) in [6, 6.07) is 2.06. The predicted molar refractivity (Wildman–Crippen MR) is 56.0 cm³/mol. The molecular formula is C11H15N3O. The van der Waals surface area contributed by atoms with Crippen LogP contribution in [0.4, 0.5) is 0 Å². The minimum absolute atomic E-state index is 0.277. The Morgan fingerprint density at radius 1 is 1.33 bits per heavy atom. The van der Waals surface area contributed by atoms with Crippen LogP contribution in [0.2, 0.25) is 0 Å². The minimum atomic E-state index is 0.277. The summed E-state index contributed by atoms with van der Waals surface area (Å²) >= 11 is 0. The summed E-state index contributed by atoms with van der Waals surface area (Å²) in [6.45, 7) is 1.97. The second-order valence-corrected chi connectivity index (χ2v) is 4.24. The normalized spacial score (nSPS) is 24.1. The van der Waals surface area contributed by atoms with E-state index >= 15 is 0 Å². The lowest BCUT2D eigenvalue weighted by Crippen LogP contribution is -2.20. The molecule has 0 spiro atoms. The second kappa shape index (κ2) is 3.77. The predicted octanol–water partition coefficient (Wildman–Crippen LogP) is 0.706. The van der Waals surface area contributed by atoms with E-state index in [9.17, 15) is 0 Å². The van der Waals surface area contributed by atoms with Gasteiger partial charge in [-0.25, -0.2) is 0 Å². The molecular weight excluding hydrogens is 190 g/mol. The van der Waals surface area contributed by atoms with Crippen LogP contribution in [0.3, 0.4) is 0 Å². The number of rotatable bonds is 2. The summed E-state index contributed by atoms with van der Waals surface area (Å²) in [7, 11) is 0. The van der Waals surface area contributed by atoms with Crippen LogP contribution in [0.25, 0.3) is 0 Å². The smallest absolute Gasteiger partial charge is 0.233 e. The van der Waals surface area contributed by atoms with Gasteiger partial charge in [-0.05, 0) is 37.8 Å². The largest absolute Gasteiger partial charge is 0.472 e. The van der Waals surface area contributed by atoms with Gasteiger partial charge < -0.3 is 10.1 Å². The molecule has 0 aromatic carbocycles. The SMILES string of the molecule is c1c(OC2CCNC2)nnc2c1CCC2. The molecule has 80 valence electrons. The third-order valence-corrected chi connectivity index (χ3v) is 3.10. The van der Waals surface area contributed by atoms with Crippen molar-refractivity contribution in [3.05, 3.63) is 17.3 Å². The molecule has 1 aliphatic heterocycles. The molecule has 1 atom stereocenters. The van der Waals surface area contributed by atoms with Crippen molar-refractivity contribution in [3.8, 4) is 5.88 Å². The van der Waals surface area contributed by atoms with Gasteiger partial charge in [0.2, 0.25) is 5.88 Å². The summed E-state index contributed by atoms with van der Waals surface area (Å²) in [5.41, 5.74) is 2.48. The van der Waals surface area contributed by atoms with E-state index < -0.39 is 0 Å². The van der Waals surface area contributed by atoms with Crippen LogP contribution in [0.5, 0.6) is 5.88 Å². The zero-order valence-electron chi connectivity index (χ0n) is 8.70. The Hall–Kier alpha value is -1.16. The van der Waals surface area contributed by atoms with E-state index in [2.05, 4.69) is 21.6 Å². The average molecular weight is 205 g/mol. The topological polar surface area (TPSA) is 47.0 Å². The maximum Gasteiger partial charge on any atom is 0.233 e. The van der Waals surface area contributed by atoms with E-state index in [0.29, 0.717) is 5.88 Å². The van der Waals surface area contributed by atoms with Gasteiger partial charge >= 0.3 is 0 Å². The molecule has 3 rings (SSSR count). The van der Waals surface area contributed by atoms with Crippen LogP contribution < -0.4 is 10.1 Å². The van der Waals surface area contributed by atoms with Gasteiger partial charge in [0.1, 0.15) is 6.10 Å². The molecule has 0 saturated carbocycles. The Labute approximate surface area is 89.0 Å². The molecule has 0 bridgehead atoms. The van der Waals surface area contributed by atoms with Gasteiger partial charge in [-0.3, -0.25) is 0 Å². The summed E-state index contributed by atoms with van der Waals surface area (Å²) in [6.07, 6.45) is 4.76. The lowest BCUT2D eigenvalue weighted by Gasteiger charge is -2.11. The van der Waals surface area contributed by atoms with E-state index in [1.807, 2.05) is 0 Å². The van der Waals surface area contributed by atoms with Crippen molar-refractivity contribution in [1.82, 2.24) is 15.5 Å².